The van der Waals surface area contributed by atoms with Gasteiger partial charge in [0.25, 0.3) is 0 Å². The van der Waals surface area contributed by atoms with Gasteiger partial charge in [-0.25, -0.2) is 61.4 Å². The Kier molecular flexibility index (Phi) is 28.0. The van der Waals surface area contributed by atoms with Crippen LogP contribution >= 0.6 is 14.7 Å². The average Bonchev–Trinajstić information content (AvgIpc) is 1.62. The van der Waals surface area contributed by atoms with Gasteiger partial charge in [0.05, 0.1) is 52.9 Å². The van der Waals surface area contributed by atoms with Crippen molar-refractivity contribution in [2.24, 2.45) is 23.7 Å². The summed E-state index contributed by atoms with van der Waals surface area (Å²) in [4.78, 5) is 64.4. The second-order valence-corrected chi connectivity index (χ2v) is 46.1. The number of aromatic nitrogens is 12. The molecule has 2 atom stereocenters. The van der Waals surface area contributed by atoms with E-state index in [1.807, 2.05) is 97.1 Å². The van der Waals surface area contributed by atoms with E-state index in [0.29, 0.717) is 77.7 Å². The van der Waals surface area contributed by atoms with Gasteiger partial charge in [-0.3, -0.25) is 9.13 Å². The molecular weight excluding hydrogens is 1730 g/mol. The summed E-state index contributed by atoms with van der Waals surface area (Å²) in [6, 6.07) is 32.7. The molecule has 0 spiro atoms. The fourth-order valence-corrected chi connectivity index (χ4v) is 21.0. The van der Waals surface area contributed by atoms with Gasteiger partial charge in [-0.15, -0.1) is 0 Å². The zero-order valence-electron chi connectivity index (χ0n) is 74.5. The zero-order chi connectivity index (χ0) is 90.6. The first-order valence-corrected chi connectivity index (χ1v) is 54.0. The molecule has 4 aromatic carbocycles. The summed E-state index contributed by atoms with van der Waals surface area (Å²) in [6.07, 6.45) is 32.6. The quantitative estimate of drug-likeness (QED) is 0.0145. The maximum atomic E-state index is 11.5. The Bertz CT molecular complexity index is 6340. The number of sulfone groups is 1. The molecule has 8 aliphatic rings. The Labute approximate surface area is 759 Å². The maximum Gasteiger partial charge on any atom is 0.208 e. The third-order valence-corrected chi connectivity index (χ3v) is 30.4. The van der Waals surface area contributed by atoms with Crippen molar-refractivity contribution in [1.82, 2.24) is 82.5 Å². The van der Waals surface area contributed by atoms with Gasteiger partial charge < -0.3 is 89.5 Å². The number of nitrogen functional groups attached to an aromatic ring is 4. The van der Waals surface area contributed by atoms with Crippen LogP contribution in [-0.2, 0) is 29.0 Å². The number of hydrogen-bond donors (Lipinski definition) is 7. The number of benzene rings is 4. The lowest BCUT2D eigenvalue weighted by atomic mass is 9.79. The van der Waals surface area contributed by atoms with Gasteiger partial charge in [-0.05, 0) is 230 Å². The number of nitrogens with two attached hydrogens (primary N) is 4. The molecule has 11 N–H and O–H groups in total. The second kappa shape index (κ2) is 39.7. The molecule has 4 aliphatic heterocycles. The summed E-state index contributed by atoms with van der Waals surface area (Å²) in [7, 11) is -12.4. The minimum atomic E-state index is -3.23. The molecular formula is C93H121N21O12P2S2. The van der Waals surface area contributed by atoms with Crippen molar-refractivity contribution in [1.29, 1.82) is 0 Å². The van der Waals surface area contributed by atoms with Gasteiger partial charge in [0, 0.05) is 130 Å². The van der Waals surface area contributed by atoms with E-state index in [0.717, 1.165) is 163 Å². The van der Waals surface area contributed by atoms with Crippen molar-refractivity contribution in [3.63, 3.8) is 0 Å². The summed E-state index contributed by atoms with van der Waals surface area (Å²) >= 11 is 0. The molecule has 4 saturated carbocycles. The third kappa shape index (κ3) is 22.4. The van der Waals surface area contributed by atoms with E-state index in [2.05, 4.69) is 107 Å². The highest BCUT2D eigenvalue weighted by atomic mass is 32.2. The normalized spacial score (nSPS) is 21.9. The molecule has 130 heavy (non-hydrogen) atoms. The van der Waals surface area contributed by atoms with Gasteiger partial charge in [-0.1, -0.05) is 48.5 Å². The van der Waals surface area contributed by atoms with E-state index in [9.17, 15) is 35.8 Å². The van der Waals surface area contributed by atoms with E-state index in [1.165, 1.54) is 156 Å². The molecule has 8 aromatic heterocycles. The Morgan fingerprint density at radius 2 is 0.669 bits per heavy atom. The van der Waals surface area contributed by atoms with Crippen LogP contribution in [0.4, 0.5) is 23.3 Å². The zero-order valence-corrected chi connectivity index (χ0v) is 77.9. The van der Waals surface area contributed by atoms with Crippen molar-refractivity contribution in [2.75, 3.05) is 178 Å². The number of rotatable bonds is 34. The predicted octanol–water partition coefficient (Wildman–Crippen LogP) is 12.6. The van der Waals surface area contributed by atoms with Gasteiger partial charge >= 0.3 is 0 Å². The number of sulfonamides is 1. The lowest BCUT2D eigenvalue weighted by molar-refractivity contribution is 0.0921. The Morgan fingerprint density at radius 1 is 0.392 bits per heavy atom. The molecule has 12 heterocycles. The summed E-state index contributed by atoms with van der Waals surface area (Å²) in [5.74, 6) is 7.53. The minimum Gasteiger partial charge on any atom is -0.494 e. The van der Waals surface area contributed by atoms with Crippen LogP contribution in [0.15, 0.2) is 147 Å². The van der Waals surface area contributed by atoms with Crippen LogP contribution in [0.3, 0.4) is 0 Å². The first-order valence-electron chi connectivity index (χ1n) is 45.5. The molecule has 33 nitrogen and oxygen atoms in total. The first-order chi connectivity index (χ1) is 62.5. The standard InChI is InChI=1S/C24H32N5O3P.C23H30N6O3S.C23H30N5O3P.C23H29N5O3S/c1-33(30,31)10-4-9-32-20-6-2-5-18(13-20)21-15-29(24-22(21)23(25)26-16-27-24)19-11-17(12-19)14-28-7-3-8-28;1-33(30,31)27-6-9-32-19-5-2-4-17(12-19)20-14-29(23-21(20)22(24)25-15-26-23)18-10-16(11-18)13-28-7-3-8-28;2*1-32(29,30)9-8-31-19-5-2-4-17(12-19)20-14-28(23-21(20)22(24)25-15-26-23)18-10-16(11-18)13-27-6-3-7-27/h2,5-6,13,15-17,19H,3-4,7-12,14H2,1H3,(H,30,31)(H2,25,26,27);2,4-5,12,14-16,18,27H,3,6-11,13H2,1H3,(H2,24,25,26);2,4-5,12,14-16,18H,3,6-11,13H2,1H3,(H,29,30)(H2,24,25,26);2,4-5,12,14-16,18H,3,6-11,13H2,1H3,(H2,24,25,26). The average molecular weight is 1850 g/mol. The number of hydrogen-bond acceptors (Lipinski definition) is 26. The van der Waals surface area contributed by atoms with Crippen molar-refractivity contribution in [3.05, 3.63) is 147 Å². The lowest BCUT2D eigenvalue weighted by Crippen LogP contribution is -2.43. The molecule has 0 amide bonds. The number of nitrogens with zero attached hydrogens (tertiary/aromatic N) is 16. The summed E-state index contributed by atoms with van der Waals surface area (Å²) in [5.41, 5.74) is 36.5. The number of anilines is 4. The third-order valence-electron chi connectivity index (χ3n) is 26.6. The largest absolute Gasteiger partial charge is 0.494 e. The summed E-state index contributed by atoms with van der Waals surface area (Å²) < 4.78 is 103. The Morgan fingerprint density at radius 3 is 0.931 bits per heavy atom. The van der Waals surface area contributed by atoms with E-state index in [-0.39, 0.29) is 44.4 Å². The first kappa shape index (κ1) is 91.7. The molecule has 4 aliphatic carbocycles. The molecule has 37 heteroatoms. The number of nitrogens with one attached hydrogen (secondary N) is 1. The summed E-state index contributed by atoms with van der Waals surface area (Å²) in [6.45, 7) is 18.7. The fraction of sp³-hybridized carbons (Fsp3) is 0.484. The smallest absolute Gasteiger partial charge is 0.208 e. The van der Waals surface area contributed by atoms with Crippen LogP contribution in [0.1, 0.15) is 108 Å². The highest BCUT2D eigenvalue weighted by Crippen LogP contribution is 2.50. The van der Waals surface area contributed by atoms with Crippen molar-refractivity contribution in [3.8, 4) is 67.5 Å². The van der Waals surface area contributed by atoms with Crippen LogP contribution in [0.2, 0.25) is 0 Å². The molecule has 0 radical (unpaired) electrons. The number of ether oxygens (including phenoxy) is 4. The highest BCUT2D eigenvalue weighted by molar-refractivity contribution is 7.90. The van der Waals surface area contributed by atoms with Crippen LogP contribution in [0.25, 0.3) is 88.6 Å². The van der Waals surface area contributed by atoms with Crippen molar-refractivity contribution < 1.29 is 54.7 Å². The molecule has 4 saturated heterocycles. The summed E-state index contributed by atoms with van der Waals surface area (Å²) in [5, 5.41) is 3.46. The van der Waals surface area contributed by atoms with Gasteiger partial charge in [0.1, 0.15) is 107 Å². The van der Waals surface area contributed by atoms with Gasteiger partial charge in [0.2, 0.25) is 17.4 Å². The second-order valence-electron chi connectivity index (χ2n) is 36.9. The van der Waals surface area contributed by atoms with Gasteiger partial charge in [0.15, 0.2) is 17.2 Å². The number of likely N-dealkylation sites (tertiary alicyclic amines) is 4. The van der Waals surface area contributed by atoms with Crippen molar-refractivity contribution in [2.45, 2.75) is 108 Å². The monoisotopic (exact) mass is 1850 g/mol. The fourth-order valence-electron chi connectivity index (χ4n) is 19.0. The minimum absolute atomic E-state index is 0.0163. The molecule has 8 fully saturated rings. The topological polar surface area (TPSA) is 432 Å². The van der Waals surface area contributed by atoms with Crippen LogP contribution < -0.4 is 46.6 Å². The molecule has 12 aromatic rings. The van der Waals surface area contributed by atoms with E-state index in [4.69, 9.17) is 41.9 Å². The van der Waals surface area contributed by atoms with Gasteiger partial charge in [-0.2, -0.15) is 0 Å². The molecule has 692 valence electrons. The highest BCUT2D eigenvalue weighted by Gasteiger charge is 2.40. The Balaban J connectivity index is 0.000000121. The molecule has 2 unspecified atom stereocenters. The maximum absolute atomic E-state index is 11.5. The van der Waals surface area contributed by atoms with Crippen molar-refractivity contribution >= 4 is 102 Å². The predicted molar refractivity (Wildman–Crippen MR) is 511 cm³/mol. The lowest BCUT2D eigenvalue weighted by Gasteiger charge is -2.42. The van der Waals surface area contributed by atoms with Crippen LogP contribution in [0.5, 0.6) is 23.0 Å². The number of fused-ring (bicyclic) bond motifs is 4. The SMILES string of the molecule is CP(=O)(O)CCCOc1cccc(-c2cn(C3CC(CN4CCC4)C3)c3ncnc(N)c23)c1.CP(=O)(O)CCOc1cccc(-c2cn(C3CC(CN4CCC4)C3)c3ncnc(N)c23)c1.CS(=O)(=O)CCOc1cccc(-c2cn(C3CC(CN4CCC4)C3)c3ncnc(N)c23)c1.CS(=O)(=O)NCCOc1cccc(-c2cn(C3CC(CN4CCC4)C3)c3ncnc(N)c23)c1. The Hall–Kier alpha value is -10.2. The van der Waals surface area contributed by atoms with E-state index >= 15 is 0 Å². The molecule has 20 rings (SSSR count). The van der Waals surface area contributed by atoms with Crippen LogP contribution in [0, 0.1) is 23.7 Å². The van der Waals surface area contributed by atoms with E-state index in [1.54, 1.807) is 6.33 Å². The van der Waals surface area contributed by atoms with E-state index < -0.39 is 34.6 Å². The molecule has 0 bridgehead atoms. The van der Waals surface area contributed by atoms with Crippen LogP contribution in [-0.4, -0.2) is 260 Å².